The lowest BCUT2D eigenvalue weighted by atomic mass is 10.0. The quantitative estimate of drug-likeness (QED) is 0.701. The molecule has 0 saturated carbocycles. The second-order valence-corrected chi connectivity index (χ2v) is 6.52. The molecule has 0 unspecified atom stereocenters. The molecular weight excluding hydrogens is 364 g/mol. The maximum absolute atomic E-state index is 12.6. The number of amides is 1. The van der Waals surface area contributed by atoms with Gasteiger partial charge in [0, 0.05) is 25.4 Å². The topological polar surface area (TPSA) is 67.2 Å². The number of halogens is 1. The average Bonchev–Trinajstić information content (AvgIpc) is 2.64. The lowest BCUT2D eigenvalue weighted by Crippen LogP contribution is -2.34. The molecule has 6 nitrogen and oxygen atoms in total. The molecule has 1 aromatic carbocycles. The summed E-state index contributed by atoms with van der Waals surface area (Å²) >= 11 is 0. The van der Waals surface area contributed by atoms with Crippen LogP contribution in [-0.2, 0) is 4.79 Å². The smallest absolute Gasteiger partial charge is 0.265 e. The molecule has 1 N–H and O–H groups in total. The van der Waals surface area contributed by atoms with Gasteiger partial charge in [0.2, 0.25) is 5.91 Å². The standard InChI is InChI=1S/C20H28N4O2.ClH/c1-5-23(6-2)12-10-21-19(25)9-11-24-14-22-18-8-7-16(15(3)4)13-17(18)20(24)26;/h7-9,11,13-15H,5-6,10,12H2,1-4H3,(H,21,25);1H/b11-9+;. The normalized spacial score (nSPS) is 11.3. The zero-order chi connectivity index (χ0) is 19.1. The molecule has 27 heavy (non-hydrogen) atoms. The van der Waals surface area contributed by atoms with Crippen LogP contribution in [0.2, 0.25) is 0 Å². The molecule has 0 aliphatic heterocycles. The second kappa shape index (κ2) is 10.8. The van der Waals surface area contributed by atoms with E-state index in [0.717, 1.165) is 25.2 Å². The lowest BCUT2D eigenvalue weighted by molar-refractivity contribution is -0.116. The Labute approximate surface area is 166 Å². The number of nitrogens with zero attached hydrogens (tertiary/aromatic N) is 3. The van der Waals surface area contributed by atoms with Crippen molar-refractivity contribution in [2.24, 2.45) is 0 Å². The van der Waals surface area contributed by atoms with E-state index in [9.17, 15) is 9.59 Å². The van der Waals surface area contributed by atoms with Gasteiger partial charge in [-0.15, -0.1) is 12.4 Å². The Bertz CT molecular complexity index is 841. The first-order valence-electron chi connectivity index (χ1n) is 9.15. The van der Waals surface area contributed by atoms with E-state index in [1.807, 2.05) is 18.2 Å². The molecule has 0 atom stereocenters. The van der Waals surface area contributed by atoms with Crippen LogP contribution in [0.1, 0.15) is 39.2 Å². The van der Waals surface area contributed by atoms with E-state index in [-0.39, 0.29) is 23.9 Å². The van der Waals surface area contributed by atoms with Gasteiger partial charge in [-0.05, 0) is 36.7 Å². The molecule has 1 aromatic heterocycles. The molecule has 0 fully saturated rings. The molecule has 1 heterocycles. The Morgan fingerprint density at radius 2 is 2.00 bits per heavy atom. The molecule has 7 heteroatoms. The maximum atomic E-state index is 12.6. The summed E-state index contributed by atoms with van der Waals surface area (Å²) in [6.07, 6.45) is 4.27. The molecule has 0 radical (unpaired) electrons. The third-order valence-electron chi connectivity index (χ3n) is 4.48. The highest BCUT2D eigenvalue weighted by atomic mass is 35.5. The minimum absolute atomic E-state index is 0. The summed E-state index contributed by atoms with van der Waals surface area (Å²) in [7, 11) is 0. The molecule has 0 spiro atoms. The van der Waals surface area contributed by atoms with Gasteiger partial charge in [-0.3, -0.25) is 14.2 Å². The first kappa shape index (κ1) is 22.9. The lowest BCUT2D eigenvalue weighted by Gasteiger charge is -2.17. The van der Waals surface area contributed by atoms with Crippen molar-refractivity contribution in [3.63, 3.8) is 0 Å². The Hall–Kier alpha value is -2.18. The molecule has 2 rings (SSSR count). The van der Waals surface area contributed by atoms with Crippen molar-refractivity contribution in [2.75, 3.05) is 26.2 Å². The molecule has 0 bridgehead atoms. The van der Waals surface area contributed by atoms with Gasteiger partial charge in [-0.1, -0.05) is 33.8 Å². The largest absolute Gasteiger partial charge is 0.351 e. The van der Waals surface area contributed by atoms with Crippen molar-refractivity contribution in [3.8, 4) is 0 Å². The first-order valence-corrected chi connectivity index (χ1v) is 9.15. The van der Waals surface area contributed by atoms with Gasteiger partial charge in [0.15, 0.2) is 0 Å². The number of carbonyl (C=O) groups is 1. The van der Waals surface area contributed by atoms with Crippen LogP contribution in [0.15, 0.2) is 35.4 Å². The fraction of sp³-hybridized carbons (Fsp3) is 0.450. The van der Waals surface area contributed by atoms with Gasteiger partial charge in [0.1, 0.15) is 6.33 Å². The summed E-state index contributed by atoms with van der Waals surface area (Å²) in [5, 5.41) is 3.39. The zero-order valence-corrected chi connectivity index (χ0v) is 17.3. The van der Waals surface area contributed by atoms with Crippen molar-refractivity contribution in [3.05, 3.63) is 46.5 Å². The summed E-state index contributed by atoms with van der Waals surface area (Å²) in [4.78, 5) is 31.1. The number of likely N-dealkylation sites (N-methyl/N-ethyl adjacent to an activating group) is 1. The van der Waals surface area contributed by atoms with Gasteiger partial charge in [0.05, 0.1) is 10.9 Å². The fourth-order valence-electron chi connectivity index (χ4n) is 2.70. The van der Waals surface area contributed by atoms with E-state index in [0.29, 0.717) is 23.4 Å². The highest BCUT2D eigenvalue weighted by Gasteiger charge is 2.06. The van der Waals surface area contributed by atoms with Crippen LogP contribution >= 0.6 is 12.4 Å². The summed E-state index contributed by atoms with van der Waals surface area (Å²) in [6, 6.07) is 5.73. The Kier molecular flexibility index (Phi) is 9.18. The third kappa shape index (κ3) is 6.19. The maximum Gasteiger partial charge on any atom is 0.265 e. The van der Waals surface area contributed by atoms with E-state index in [1.165, 1.54) is 23.2 Å². The number of fused-ring (bicyclic) bond motifs is 1. The molecule has 0 aliphatic rings. The zero-order valence-electron chi connectivity index (χ0n) is 16.4. The highest BCUT2D eigenvalue weighted by molar-refractivity contribution is 5.90. The van der Waals surface area contributed by atoms with Crippen molar-refractivity contribution in [2.45, 2.75) is 33.6 Å². The minimum Gasteiger partial charge on any atom is -0.351 e. The number of hydrogen-bond acceptors (Lipinski definition) is 4. The third-order valence-corrected chi connectivity index (χ3v) is 4.48. The molecule has 148 valence electrons. The predicted octanol–water partition coefficient (Wildman–Crippen LogP) is 2.87. The van der Waals surface area contributed by atoms with E-state index in [1.54, 1.807) is 0 Å². The van der Waals surface area contributed by atoms with Crippen molar-refractivity contribution in [1.82, 2.24) is 19.8 Å². The van der Waals surface area contributed by atoms with Crippen LogP contribution < -0.4 is 10.9 Å². The average molecular weight is 393 g/mol. The number of hydrogen-bond donors (Lipinski definition) is 1. The van der Waals surface area contributed by atoms with E-state index in [2.05, 4.69) is 42.9 Å². The second-order valence-electron chi connectivity index (χ2n) is 6.52. The Morgan fingerprint density at radius 3 is 2.63 bits per heavy atom. The minimum atomic E-state index is -0.222. The fourth-order valence-corrected chi connectivity index (χ4v) is 2.70. The van der Waals surface area contributed by atoms with Gasteiger partial charge in [-0.2, -0.15) is 0 Å². The van der Waals surface area contributed by atoms with Crippen LogP contribution in [0.5, 0.6) is 0 Å². The number of rotatable bonds is 8. The predicted molar refractivity (Wildman–Crippen MR) is 113 cm³/mol. The molecule has 0 aliphatic carbocycles. The van der Waals surface area contributed by atoms with Crippen molar-refractivity contribution >= 4 is 35.4 Å². The number of carbonyl (C=O) groups excluding carboxylic acids is 1. The van der Waals surface area contributed by atoms with Crippen LogP contribution in [0.25, 0.3) is 17.1 Å². The van der Waals surface area contributed by atoms with E-state index in [4.69, 9.17) is 0 Å². The highest BCUT2D eigenvalue weighted by Crippen LogP contribution is 2.17. The van der Waals surface area contributed by atoms with E-state index < -0.39 is 0 Å². The van der Waals surface area contributed by atoms with Crippen molar-refractivity contribution < 1.29 is 4.79 Å². The molecule has 1 amide bonds. The summed E-state index contributed by atoms with van der Waals surface area (Å²) in [6.45, 7) is 11.6. The van der Waals surface area contributed by atoms with Crippen LogP contribution in [0.4, 0.5) is 0 Å². The van der Waals surface area contributed by atoms with Gasteiger partial charge >= 0.3 is 0 Å². The number of benzene rings is 1. The SMILES string of the molecule is CCN(CC)CCNC(=O)/C=C/n1cnc2ccc(C(C)C)cc2c1=O.Cl. The van der Waals surface area contributed by atoms with E-state index >= 15 is 0 Å². The molecule has 2 aromatic rings. The number of aromatic nitrogens is 2. The first-order chi connectivity index (χ1) is 12.5. The van der Waals surface area contributed by atoms with Crippen LogP contribution in [0.3, 0.4) is 0 Å². The monoisotopic (exact) mass is 392 g/mol. The van der Waals surface area contributed by atoms with Crippen LogP contribution in [-0.4, -0.2) is 46.5 Å². The summed E-state index contributed by atoms with van der Waals surface area (Å²) in [5.74, 6) is 0.111. The molecular formula is C20H29ClN4O2. The summed E-state index contributed by atoms with van der Waals surface area (Å²) in [5.41, 5.74) is 1.57. The van der Waals surface area contributed by atoms with Crippen molar-refractivity contribution in [1.29, 1.82) is 0 Å². The van der Waals surface area contributed by atoms with Crippen LogP contribution in [0, 0.1) is 0 Å². The van der Waals surface area contributed by atoms with Gasteiger partial charge < -0.3 is 10.2 Å². The number of nitrogens with one attached hydrogen (secondary N) is 1. The van der Waals surface area contributed by atoms with Gasteiger partial charge in [-0.25, -0.2) is 4.98 Å². The summed E-state index contributed by atoms with van der Waals surface area (Å²) < 4.78 is 1.34. The molecule has 0 saturated heterocycles. The van der Waals surface area contributed by atoms with Gasteiger partial charge in [0.25, 0.3) is 5.56 Å². The Morgan fingerprint density at radius 1 is 1.30 bits per heavy atom. The Balaban J connectivity index is 0.00000364.